The molecule has 0 aliphatic carbocycles. The Morgan fingerprint density at radius 3 is 2.65 bits per heavy atom. The van der Waals surface area contributed by atoms with Crippen molar-refractivity contribution in [2.45, 2.75) is 19.9 Å². The van der Waals surface area contributed by atoms with Crippen LogP contribution in [0.3, 0.4) is 0 Å². The molecule has 1 atom stereocenters. The lowest BCUT2D eigenvalue weighted by atomic mass is 10.2. The number of nitrogens with zero attached hydrogens (tertiary/aromatic N) is 2. The fourth-order valence-electron chi connectivity index (χ4n) is 1.46. The highest BCUT2D eigenvalue weighted by atomic mass is 35.5. The fourth-order valence-corrected chi connectivity index (χ4v) is 2.36. The first-order chi connectivity index (χ1) is 9.45. The van der Waals surface area contributed by atoms with Crippen LogP contribution in [0.4, 0.5) is 10.8 Å². The number of carbonyl (C=O) groups excluding carboxylic acids is 1. The lowest BCUT2D eigenvalue weighted by Crippen LogP contribution is -2.31. The highest BCUT2D eigenvalue weighted by molar-refractivity contribution is 7.15. The minimum absolute atomic E-state index is 0.202. The van der Waals surface area contributed by atoms with Crippen LogP contribution in [-0.4, -0.2) is 22.1 Å². The number of hydrogen-bond donors (Lipinski definition) is 2. The van der Waals surface area contributed by atoms with Gasteiger partial charge in [-0.2, -0.15) is 0 Å². The number of rotatable bonds is 4. The maximum atomic E-state index is 12.0. The molecule has 0 aliphatic heterocycles. The average Bonchev–Trinajstić information content (AvgIpc) is 2.79. The number of carbonyl (C=O) groups is 1. The van der Waals surface area contributed by atoms with Gasteiger partial charge in [0.15, 0.2) is 0 Å². The van der Waals surface area contributed by atoms with Crippen molar-refractivity contribution >= 4 is 51.3 Å². The van der Waals surface area contributed by atoms with Gasteiger partial charge in [-0.15, -0.1) is 10.2 Å². The SMILES string of the molecule is Cc1nnc(NC(=O)[C@H](C)Nc2ccc(Cl)c(Cl)c2)s1. The van der Waals surface area contributed by atoms with Gasteiger partial charge >= 0.3 is 0 Å². The molecule has 0 radical (unpaired) electrons. The van der Waals surface area contributed by atoms with E-state index in [2.05, 4.69) is 20.8 Å². The number of anilines is 2. The van der Waals surface area contributed by atoms with Crippen LogP contribution >= 0.6 is 34.5 Å². The molecule has 0 spiro atoms. The number of aryl methyl sites for hydroxylation is 1. The van der Waals surface area contributed by atoms with E-state index in [-0.39, 0.29) is 5.91 Å². The van der Waals surface area contributed by atoms with Crippen LogP contribution in [0.15, 0.2) is 18.2 Å². The maximum Gasteiger partial charge on any atom is 0.248 e. The van der Waals surface area contributed by atoms with Gasteiger partial charge in [-0.3, -0.25) is 10.1 Å². The Morgan fingerprint density at radius 2 is 2.05 bits per heavy atom. The second-order valence-electron chi connectivity index (χ2n) is 4.11. The minimum Gasteiger partial charge on any atom is -0.374 e. The molecule has 1 aromatic heterocycles. The summed E-state index contributed by atoms with van der Waals surface area (Å²) in [4.78, 5) is 12.0. The van der Waals surface area contributed by atoms with Crippen molar-refractivity contribution < 1.29 is 4.79 Å². The van der Waals surface area contributed by atoms with Gasteiger partial charge in [0, 0.05) is 5.69 Å². The van der Waals surface area contributed by atoms with Crippen LogP contribution in [-0.2, 0) is 4.79 Å². The Balaban J connectivity index is 1.98. The highest BCUT2D eigenvalue weighted by Crippen LogP contribution is 2.25. The zero-order chi connectivity index (χ0) is 14.7. The van der Waals surface area contributed by atoms with Crippen molar-refractivity contribution in [2.75, 3.05) is 10.6 Å². The number of aromatic nitrogens is 2. The number of hydrogen-bond acceptors (Lipinski definition) is 5. The van der Waals surface area contributed by atoms with E-state index in [4.69, 9.17) is 23.2 Å². The van der Waals surface area contributed by atoms with Crippen LogP contribution in [0.1, 0.15) is 11.9 Å². The zero-order valence-electron chi connectivity index (χ0n) is 10.8. The predicted octanol–water partition coefficient (Wildman–Crippen LogP) is 3.59. The summed E-state index contributed by atoms with van der Waals surface area (Å²) in [7, 11) is 0. The van der Waals surface area contributed by atoms with Gasteiger partial charge in [0.05, 0.1) is 10.0 Å². The van der Waals surface area contributed by atoms with Gasteiger partial charge in [0.25, 0.3) is 0 Å². The van der Waals surface area contributed by atoms with Gasteiger partial charge in [0.2, 0.25) is 11.0 Å². The third-order valence-electron chi connectivity index (χ3n) is 2.45. The second kappa shape index (κ2) is 6.39. The Hall–Kier alpha value is -1.37. The topological polar surface area (TPSA) is 66.9 Å². The molecule has 0 saturated carbocycles. The van der Waals surface area contributed by atoms with E-state index in [1.807, 2.05) is 6.92 Å². The summed E-state index contributed by atoms with van der Waals surface area (Å²) in [6.07, 6.45) is 0. The predicted molar refractivity (Wildman–Crippen MR) is 82.8 cm³/mol. The van der Waals surface area contributed by atoms with Gasteiger partial charge in [-0.1, -0.05) is 34.5 Å². The Labute approximate surface area is 130 Å². The van der Waals surface area contributed by atoms with Crippen molar-refractivity contribution in [3.63, 3.8) is 0 Å². The van der Waals surface area contributed by atoms with E-state index >= 15 is 0 Å². The molecule has 5 nitrogen and oxygen atoms in total. The Bertz CT molecular complexity index is 632. The monoisotopic (exact) mass is 330 g/mol. The third-order valence-corrected chi connectivity index (χ3v) is 3.95. The lowest BCUT2D eigenvalue weighted by Gasteiger charge is -2.14. The summed E-state index contributed by atoms with van der Waals surface area (Å²) in [6.45, 7) is 3.57. The molecule has 1 aromatic carbocycles. The van der Waals surface area contributed by atoms with Crippen LogP contribution in [0, 0.1) is 6.92 Å². The van der Waals surface area contributed by atoms with Crippen LogP contribution in [0.25, 0.3) is 0 Å². The van der Waals surface area contributed by atoms with E-state index in [0.717, 1.165) is 10.7 Å². The minimum atomic E-state index is -0.448. The molecule has 2 N–H and O–H groups in total. The number of nitrogens with one attached hydrogen (secondary N) is 2. The standard InChI is InChI=1S/C12H12Cl2N4OS/c1-6(11(19)16-12-18-17-7(2)20-12)15-8-3-4-9(13)10(14)5-8/h3-6,15H,1-2H3,(H,16,18,19)/t6-/m0/s1. The summed E-state index contributed by atoms with van der Waals surface area (Å²) in [5, 5.41) is 15.6. The van der Waals surface area contributed by atoms with Crippen LogP contribution in [0.2, 0.25) is 10.0 Å². The third kappa shape index (κ3) is 3.82. The van der Waals surface area contributed by atoms with Gasteiger partial charge in [0.1, 0.15) is 11.0 Å². The fraction of sp³-hybridized carbons (Fsp3) is 0.250. The van der Waals surface area contributed by atoms with E-state index < -0.39 is 6.04 Å². The number of amides is 1. The molecule has 8 heteroatoms. The summed E-state index contributed by atoms with van der Waals surface area (Å²) in [5.74, 6) is -0.202. The normalized spacial score (nSPS) is 12.0. The first-order valence-electron chi connectivity index (χ1n) is 5.78. The summed E-state index contributed by atoms with van der Waals surface area (Å²) < 4.78 is 0. The first-order valence-corrected chi connectivity index (χ1v) is 7.35. The van der Waals surface area contributed by atoms with Crippen molar-refractivity contribution in [2.24, 2.45) is 0 Å². The number of benzene rings is 1. The van der Waals surface area contributed by atoms with Crippen molar-refractivity contribution in [3.8, 4) is 0 Å². The molecule has 0 saturated heterocycles. The van der Waals surface area contributed by atoms with E-state index in [0.29, 0.717) is 15.2 Å². The summed E-state index contributed by atoms with van der Waals surface area (Å²) >= 11 is 13.1. The van der Waals surface area contributed by atoms with Gasteiger partial charge in [-0.05, 0) is 32.0 Å². The molecule has 0 unspecified atom stereocenters. The van der Waals surface area contributed by atoms with Gasteiger partial charge < -0.3 is 5.32 Å². The van der Waals surface area contributed by atoms with Crippen molar-refractivity contribution in [3.05, 3.63) is 33.3 Å². The van der Waals surface area contributed by atoms with E-state index in [1.165, 1.54) is 11.3 Å². The van der Waals surface area contributed by atoms with Crippen LogP contribution < -0.4 is 10.6 Å². The second-order valence-corrected chi connectivity index (χ2v) is 6.11. The number of halogens is 2. The lowest BCUT2D eigenvalue weighted by molar-refractivity contribution is -0.116. The molecule has 0 fully saturated rings. The highest BCUT2D eigenvalue weighted by Gasteiger charge is 2.15. The molecule has 20 heavy (non-hydrogen) atoms. The van der Waals surface area contributed by atoms with Gasteiger partial charge in [-0.25, -0.2) is 0 Å². The molecular weight excluding hydrogens is 319 g/mol. The molecule has 106 valence electrons. The smallest absolute Gasteiger partial charge is 0.248 e. The van der Waals surface area contributed by atoms with E-state index in [1.54, 1.807) is 25.1 Å². The molecule has 1 amide bonds. The molecule has 0 bridgehead atoms. The average molecular weight is 331 g/mol. The quantitative estimate of drug-likeness (QED) is 0.898. The zero-order valence-corrected chi connectivity index (χ0v) is 13.1. The summed E-state index contributed by atoms with van der Waals surface area (Å²) in [6, 6.07) is 4.65. The molecule has 2 aromatic rings. The molecule has 0 aliphatic rings. The first kappa shape index (κ1) is 15.0. The molecular formula is C12H12Cl2N4OS. The maximum absolute atomic E-state index is 12.0. The largest absolute Gasteiger partial charge is 0.374 e. The molecule has 2 rings (SSSR count). The van der Waals surface area contributed by atoms with Crippen LogP contribution in [0.5, 0.6) is 0 Å². The van der Waals surface area contributed by atoms with Crippen molar-refractivity contribution in [1.82, 2.24) is 10.2 Å². The Morgan fingerprint density at radius 1 is 1.30 bits per heavy atom. The Kier molecular flexibility index (Phi) is 4.80. The van der Waals surface area contributed by atoms with E-state index in [9.17, 15) is 4.79 Å². The summed E-state index contributed by atoms with van der Waals surface area (Å²) in [5.41, 5.74) is 0.718. The molecule has 1 heterocycles. The van der Waals surface area contributed by atoms with Crippen molar-refractivity contribution in [1.29, 1.82) is 0 Å².